The third-order valence-electron chi connectivity index (χ3n) is 1.49. The predicted octanol–water partition coefficient (Wildman–Crippen LogP) is -0.475. The van der Waals surface area contributed by atoms with Crippen molar-refractivity contribution in [2.24, 2.45) is 10.9 Å². The van der Waals surface area contributed by atoms with Gasteiger partial charge in [-0.2, -0.15) is 11.8 Å². The Kier molecular flexibility index (Phi) is 7.31. The van der Waals surface area contributed by atoms with Gasteiger partial charge in [-0.05, 0) is 6.92 Å². The molecule has 1 atom stereocenters. The molecule has 0 radical (unpaired) electrons. The van der Waals surface area contributed by atoms with Crippen LogP contribution in [-0.2, 0) is 14.3 Å². The quantitative estimate of drug-likeness (QED) is 0.241. The van der Waals surface area contributed by atoms with Gasteiger partial charge in [0.15, 0.2) is 5.71 Å². The zero-order valence-corrected chi connectivity index (χ0v) is 9.57. The zero-order chi connectivity index (χ0) is 12.6. The van der Waals surface area contributed by atoms with E-state index in [-0.39, 0.29) is 23.8 Å². The first-order chi connectivity index (χ1) is 7.52. The number of rotatable bonds is 7. The average Bonchev–Trinajstić information content (AvgIpc) is 2.24. The van der Waals surface area contributed by atoms with E-state index in [9.17, 15) is 9.59 Å². The van der Waals surface area contributed by atoms with Crippen LogP contribution in [0.4, 0.5) is 0 Å². The van der Waals surface area contributed by atoms with Crippen LogP contribution in [-0.4, -0.2) is 52.1 Å². The number of hydrogen-bond acceptors (Lipinski definition) is 7. The van der Waals surface area contributed by atoms with E-state index >= 15 is 0 Å². The maximum Gasteiger partial charge on any atom is 0.356 e. The summed E-state index contributed by atoms with van der Waals surface area (Å²) in [7, 11) is 0. The van der Waals surface area contributed by atoms with E-state index in [1.54, 1.807) is 6.92 Å². The van der Waals surface area contributed by atoms with Gasteiger partial charge in [0.25, 0.3) is 0 Å². The lowest BCUT2D eigenvalue weighted by atomic mass is 10.4. The van der Waals surface area contributed by atoms with Gasteiger partial charge in [0, 0.05) is 11.5 Å². The average molecular weight is 250 g/mol. The van der Waals surface area contributed by atoms with Crippen LogP contribution < -0.4 is 5.73 Å². The van der Waals surface area contributed by atoms with E-state index in [1.807, 2.05) is 0 Å². The van der Waals surface area contributed by atoms with E-state index in [4.69, 9.17) is 16.0 Å². The highest BCUT2D eigenvalue weighted by Gasteiger charge is 2.16. The molecule has 0 spiro atoms. The first-order valence-corrected chi connectivity index (χ1v) is 5.62. The molecule has 0 aromatic rings. The second-order valence-corrected chi connectivity index (χ2v) is 3.76. The number of carbonyl (C=O) groups is 2. The Morgan fingerprint density at radius 3 is 2.62 bits per heavy atom. The van der Waals surface area contributed by atoms with Crippen LogP contribution in [0.25, 0.3) is 0 Å². The number of carboxylic acids is 1. The number of nitrogens with two attached hydrogens (primary N) is 1. The molecule has 8 heteroatoms. The number of carboxylic acid groups (broad SMARTS) is 1. The highest BCUT2D eigenvalue weighted by molar-refractivity contribution is 8.00. The highest BCUT2D eigenvalue weighted by Crippen LogP contribution is 2.04. The number of thioether (sulfide) groups is 1. The summed E-state index contributed by atoms with van der Waals surface area (Å²) in [5.41, 5.74) is 5.08. The summed E-state index contributed by atoms with van der Waals surface area (Å²) in [4.78, 5) is 21.5. The van der Waals surface area contributed by atoms with Crippen molar-refractivity contribution < 1.29 is 24.6 Å². The molecule has 16 heavy (non-hydrogen) atoms. The summed E-state index contributed by atoms with van der Waals surface area (Å²) in [5, 5.41) is 19.8. The van der Waals surface area contributed by atoms with Crippen molar-refractivity contribution in [1.29, 1.82) is 0 Å². The summed E-state index contributed by atoms with van der Waals surface area (Å²) in [6.07, 6.45) is 0. The van der Waals surface area contributed by atoms with Crippen molar-refractivity contribution in [3.05, 3.63) is 0 Å². The van der Waals surface area contributed by atoms with Crippen LogP contribution in [0.5, 0.6) is 0 Å². The highest BCUT2D eigenvalue weighted by atomic mass is 32.2. The van der Waals surface area contributed by atoms with Crippen LogP contribution >= 0.6 is 11.8 Å². The van der Waals surface area contributed by atoms with E-state index < -0.39 is 18.0 Å². The van der Waals surface area contributed by atoms with Gasteiger partial charge in [-0.25, -0.2) is 4.79 Å². The van der Waals surface area contributed by atoms with Gasteiger partial charge >= 0.3 is 11.9 Å². The van der Waals surface area contributed by atoms with Gasteiger partial charge in [0.05, 0.1) is 6.61 Å². The molecule has 4 N–H and O–H groups in total. The number of hydrogen-bond donors (Lipinski definition) is 3. The molecule has 0 aromatic heterocycles. The minimum atomic E-state index is -1.12. The lowest BCUT2D eigenvalue weighted by Crippen LogP contribution is -2.33. The van der Waals surface area contributed by atoms with Gasteiger partial charge < -0.3 is 20.8 Å². The van der Waals surface area contributed by atoms with Crippen LogP contribution in [0.2, 0.25) is 0 Å². The van der Waals surface area contributed by atoms with E-state index in [1.165, 1.54) is 0 Å². The molecule has 1 unspecified atom stereocenters. The number of carbonyl (C=O) groups excluding carboxylic acids is 1. The molecule has 0 aromatic carbocycles. The monoisotopic (exact) mass is 250 g/mol. The van der Waals surface area contributed by atoms with Crippen molar-refractivity contribution in [1.82, 2.24) is 0 Å². The Hall–Kier alpha value is -1.28. The van der Waals surface area contributed by atoms with Crippen molar-refractivity contribution >= 4 is 29.4 Å². The molecule has 0 saturated carbocycles. The van der Waals surface area contributed by atoms with Crippen LogP contribution in [0.15, 0.2) is 5.16 Å². The van der Waals surface area contributed by atoms with Crippen molar-refractivity contribution in [2.75, 3.05) is 18.1 Å². The minimum Gasteiger partial charge on any atom is -0.480 e. The van der Waals surface area contributed by atoms with E-state index in [0.717, 1.165) is 11.8 Å². The number of aliphatic carboxylic acids is 1. The molecular weight excluding hydrogens is 236 g/mol. The smallest absolute Gasteiger partial charge is 0.356 e. The lowest BCUT2D eigenvalue weighted by Gasteiger charge is -2.06. The first-order valence-electron chi connectivity index (χ1n) is 4.47. The summed E-state index contributed by atoms with van der Waals surface area (Å²) < 4.78 is 4.61. The Morgan fingerprint density at radius 2 is 2.19 bits per heavy atom. The standard InChI is InChI=1S/C8H14N2O5S/c1-2-15-8(13)6(10-14)4-16-3-5(9)7(11)12/h5,14H,2-4,9H2,1H3,(H,11,12)/b10-6-. The second kappa shape index (κ2) is 7.94. The molecule has 7 nitrogen and oxygen atoms in total. The molecule has 0 bridgehead atoms. The molecule has 0 aliphatic rings. The summed E-state index contributed by atoms with van der Waals surface area (Å²) in [6, 6.07) is -1.01. The van der Waals surface area contributed by atoms with Gasteiger partial charge in [0.2, 0.25) is 0 Å². The van der Waals surface area contributed by atoms with Crippen LogP contribution in [0, 0.1) is 0 Å². The Morgan fingerprint density at radius 1 is 1.56 bits per heavy atom. The normalized spacial score (nSPS) is 13.2. The SMILES string of the molecule is CCOC(=O)/C(CSCC(N)C(=O)O)=N\O. The minimum absolute atomic E-state index is 0.0519. The summed E-state index contributed by atoms with van der Waals surface area (Å²) in [6.45, 7) is 1.80. The van der Waals surface area contributed by atoms with Crippen molar-refractivity contribution in [3.63, 3.8) is 0 Å². The number of esters is 1. The predicted molar refractivity (Wildman–Crippen MR) is 58.8 cm³/mol. The van der Waals surface area contributed by atoms with Crippen molar-refractivity contribution in [2.45, 2.75) is 13.0 Å². The molecule has 0 aliphatic heterocycles. The molecular formula is C8H14N2O5S. The van der Waals surface area contributed by atoms with Crippen molar-refractivity contribution in [3.8, 4) is 0 Å². The Balaban J connectivity index is 3.98. The molecule has 0 amide bonds. The Bertz CT molecular complexity index is 282. The molecule has 0 saturated heterocycles. The molecule has 0 rings (SSSR count). The summed E-state index contributed by atoms with van der Waals surface area (Å²) >= 11 is 1.08. The molecule has 0 aliphatic carbocycles. The Labute approximate surface area is 96.6 Å². The topological polar surface area (TPSA) is 122 Å². The number of ether oxygens (including phenoxy) is 1. The van der Waals surface area contributed by atoms with Crippen LogP contribution in [0.3, 0.4) is 0 Å². The summed E-state index contributed by atoms with van der Waals surface area (Å²) in [5.74, 6) is -1.67. The van der Waals surface area contributed by atoms with E-state index in [2.05, 4.69) is 9.89 Å². The number of oxime groups is 1. The molecule has 0 fully saturated rings. The number of nitrogens with zero attached hydrogens (tertiary/aromatic N) is 1. The van der Waals surface area contributed by atoms with E-state index in [0.29, 0.717) is 0 Å². The fraction of sp³-hybridized carbons (Fsp3) is 0.625. The fourth-order valence-electron chi connectivity index (χ4n) is 0.697. The zero-order valence-electron chi connectivity index (χ0n) is 8.75. The fourth-order valence-corrected chi connectivity index (χ4v) is 1.58. The van der Waals surface area contributed by atoms with Crippen LogP contribution in [0.1, 0.15) is 6.92 Å². The third kappa shape index (κ3) is 5.56. The van der Waals surface area contributed by atoms with Gasteiger partial charge in [-0.1, -0.05) is 5.16 Å². The van der Waals surface area contributed by atoms with Gasteiger partial charge in [-0.3, -0.25) is 4.79 Å². The van der Waals surface area contributed by atoms with Gasteiger partial charge in [-0.15, -0.1) is 0 Å². The third-order valence-corrected chi connectivity index (χ3v) is 2.56. The molecule has 0 heterocycles. The first kappa shape index (κ1) is 14.7. The largest absolute Gasteiger partial charge is 0.480 e. The maximum atomic E-state index is 11.1. The second-order valence-electron chi connectivity index (χ2n) is 2.73. The molecule has 92 valence electrons. The lowest BCUT2D eigenvalue weighted by molar-refractivity contribution is -0.138. The maximum absolute atomic E-state index is 11.1. The van der Waals surface area contributed by atoms with Gasteiger partial charge in [0.1, 0.15) is 6.04 Å².